The molecule has 0 saturated carbocycles. The molecule has 0 fully saturated rings. The standard InChI is InChI=1S/C14H10ClNO4/c1-9-7-11(5-6-13(9)16(18)19)20-14-10(8-17)3-2-4-12(14)15/h2-8H,1H3. The Hall–Kier alpha value is -2.40. The molecule has 0 bridgehead atoms. The summed E-state index contributed by atoms with van der Waals surface area (Å²) in [5.41, 5.74) is 0.785. The van der Waals surface area contributed by atoms with Crippen molar-refractivity contribution in [3.63, 3.8) is 0 Å². The van der Waals surface area contributed by atoms with Crippen LogP contribution in [0.5, 0.6) is 11.5 Å². The largest absolute Gasteiger partial charge is 0.455 e. The summed E-state index contributed by atoms with van der Waals surface area (Å²) in [5.74, 6) is 0.613. The minimum absolute atomic E-state index is 0.00659. The van der Waals surface area contributed by atoms with Crippen LogP contribution < -0.4 is 4.74 Å². The summed E-state index contributed by atoms with van der Waals surface area (Å²) >= 11 is 5.99. The number of carbonyl (C=O) groups excluding carboxylic acids is 1. The number of nitrogens with zero attached hydrogens (tertiary/aromatic N) is 1. The molecule has 20 heavy (non-hydrogen) atoms. The Balaban J connectivity index is 2.38. The molecular weight excluding hydrogens is 282 g/mol. The maximum Gasteiger partial charge on any atom is 0.272 e. The van der Waals surface area contributed by atoms with Crippen LogP contribution in [-0.4, -0.2) is 11.2 Å². The third-order valence-corrected chi connectivity index (χ3v) is 3.01. The van der Waals surface area contributed by atoms with Gasteiger partial charge in [0.25, 0.3) is 5.69 Å². The fraction of sp³-hybridized carbons (Fsp3) is 0.0714. The minimum atomic E-state index is -0.467. The predicted molar refractivity (Wildman–Crippen MR) is 74.7 cm³/mol. The normalized spacial score (nSPS) is 10.1. The van der Waals surface area contributed by atoms with Gasteiger partial charge in [-0.05, 0) is 31.2 Å². The Morgan fingerprint density at radius 3 is 2.65 bits per heavy atom. The molecule has 0 amide bonds. The average Bonchev–Trinajstić information content (AvgIpc) is 2.40. The van der Waals surface area contributed by atoms with Crippen molar-refractivity contribution in [2.45, 2.75) is 6.92 Å². The van der Waals surface area contributed by atoms with Crippen LogP contribution in [0.3, 0.4) is 0 Å². The van der Waals surface area contributed by atoms with Crippen LogP contribution in [0.15, 0.2) is 36.4 Å². The number of halogens is 1. The lowest BCUT2D eigenvalue weighted by Crippen LogP contribution is -1.94. The Morgan fingerprint density at radius 2 is 2.05 bits per heavy atom. The molecule has 2 rings (SSSR count). The number of benzene rings is 2. The van der Waals surface area contributed by atoms with Crippen LogP contribution in [0, 0.1) is 17.0 Å². The second kappa shape index (κ2) is 5.71. The maximum atomic E-state index is 11.0. The summed E-state index contributed by atoms with van der Waals surface area (Å²) in [6.45, 7) is 1.61. The van der Waals surface area contributed by atoms with E-state index in [0.29, 0.717) is 28.2 Å². The Bertz CT molecular complexity index is 685. The Kier molecular flexibility index (Phi) is 4.00. The quantitative estimate of drug-likeness (QED) is 0.482. The van der Waals surface area contributed by atoms with Crippen molar-refractivity contribution >= 4 is 23.6 Å². The number of aryl methyl sites for hydroxylation is 1. The zero-order valence-electron chi connectivity index (χ0n) is 10.5. The first-order valence-electron chi connectivity index (χ1n) is 5.69. The molecule has 2 aromatic rings. The first kappa shape index (κ1) is 14.0. The van der Waals surface area contributed by atoms with Gasteiger partial charge in [0.15, 0.2) is 12.0 Å². The third kappa shape index (κ3) is 2.78. The van der Waals surface area contributed by atoms with Crippen LogP contribution in [0.2, 0.25) is 5.02 Å². The highest BCUT2D eigenvalue weighted by Crippen LogP contribution is 2.33. The third-order valence-electron chi connectivity index (χ3n) is 2.71. The maximum absolute atomic E-state index is 11.0. The van der Waals surface area contributed by atoms with E-state index in [-0.39, 0.29) is 11.4 Å². The molecule has 0 aliphatic rings. The van der Waals surface area contributed by atoms with E-state index in [1.807, 2.05) is 0 Å². The summed E-state index contributed by atoms with van der Waals surface area (Å²) in [6.07, 6.45) is 0.638. The SMILES string of the molecule is Cc1cc(Oc2c(Cl)cccc2C=O)ccc1[N+](=O)[O-]. The van der Waals surface area contributed by atoms with Crippen LogP contribution >= 0.6 is 11.6 Å². The highest BCUT2D eigenvalue weighted by molar-refractivity contribution is 6.32. The van der Waals surface area contributed by atoms with Crippen molar-refractivity contribution in [2.75, 3.05) is 0 Å². The monoisotopic (exact) mass is 291 g/mol. The molecule has 6 heteroatoms. The molecule has 0 unspecified atom stereocenters. The van der Waals surface area contributed by atoms with Gasteiger partial charge in [-0.15, -0.1) is 0 Å². The molecule has 0 atom stereocenters. The molecule has 0 heterocycles. The fourth-order valence-corrected chi connectivity index (χ4v) is 1.96. The predicted octanol–water partition coefficient (Wildman–Crippen LogP) is 4.16. The van der Waals surface area contributed by atoms with Crippen LogP contribution in [-0.2, 0) is 0 Å². The highest BCUT2D eigenvalue weighted by atomic mass is 35.5. The fourth-order valence-electron chi connectivity index (χ4n) is 1.74. The molecule has 0 aliphatic carbocycles. The van der Waals surface area contributed by atoms with Gasteiger partial charge in [0.2, 0.25) is 0 Å². The summed E-state index contributed by atoms with van der Waals surface area (Å²) in [4.78, 5) is 21.2. The van der Waals surface area contributed by atoms with Gasteiger partial charge in [-0.2, -0.15) is 0 Å². The zero-order valence-corrected chi connectivity index (χ0v) is 11.3. The molecule has 0 N–H and O–H groups in total. The first-order chi connectivity index (χ1) is 9.52. The molecule has 2 aromatic carbocycles. The minimum Gasteiger partial charge on any atom is -0.455 e. The smallest absolute Gasteiger partial charge is 0.272 e. The van der Waals surface area contributed by atoms with Gasteiger partial charge < -0.3 is 4.74 Å². The van der Waals surface area contributed by atoms with E-state index in [1.54, 1.807) is 25.1 Å². The number of hydrogen-bond acceptors (Lipinski definition) is 4. The number of ether oxygens (including phenoxy) is 1. The molecular formula is C14H10ClNO4. The van der Waals surface area contributed by atoms with E-state index in [2.05, 4.69) is 0 Å². The van der Waals surface area contributed by atoms with Gasteiger partial charge in [0, 0.05) is 11.6 Å². The molecule has 102 valence electrons. The van der Waals surface area contributed by atoms with E-state index in [4.69, 9.17) is 16.3 Å². The van der Waals surface area contributed by atoms with Gasteiger partial charge in [-0.3, -0.25) is 14.9 Å². The van der Waals surface area contributed by atoms with Crippen molar-refractivity contribution in [1.82, 2.24) is 0 Å². The summed E-state index contributed by atoms with van der Waals surface area (Å²) in [6, 6.07) is 9.15. The van der Waals surface area contributed by atoms with Crippen LogP contribution in [0.1, 0.15) is 15.9 Å². The van der Waals surface area contributed by atoms with Gasteiger partial charge in [0.05, 0.1) is 15.5 Å². The van der Waals surface area contributed by atoms with Crippen molar-refractivity contribution in [2.24, 2.45) is 0 Å². The number of nitro benzene ring substituents is 1. The first-order valence-corrected chi connectivity index (χ1v) is 6.07. The topological polar surface area (TPSA) is 69.4 Å². The van der Waals surface area contributed by atoms with Gasteiger partial charge in [-0.1, -0.05) is 17.7 Å². The van der Waals surface area contributed by atoms with Crippen molar-refractivity contribution in [3.05, 3.63) is 62.7 Å². The number of rotatable bonds is 4. The average molecular weight is 292 g/mol. The molecule has 0 spiro atoms. The van der Waals surface area contributed by atoms with Crippen molar-refractivity contribution in [1.29, 1.82) is 0 Å². The Morgan fingerprint density at radius 1 is 1.30 bits per heavy atom. The summed E-state index contributed by atoms with van der Waals surface area (Å²) in [5, 5.41) is 11.0. The lowest BCUT2D eigenvalue weighted by Gasteiger charge is -2.10. The molecule has 0 radical (unpaired) electrons. The van der Waals surface area contributed by atoms with Crippen LogP contribution in [0.25, 0.3) is 0 Å². The van der Waals surface area contributed by atoms with E-state index < -0.39 is 4.92 Å². The zero-order chi connectivity index (χ0) is 14.7. The molecule has 0 saturated heterocycles. The van der Waals surface area contributed by atoms with Gasteiger partial charge >= 0.3 is 0 Å². The van der Waals surface area contributed by atoms with E-state index in [1.165, 1.54) is 18.2 Å². The lowest BCUT2D eigenvalue weighted by molar-refractivity contribution is -0.385. The Labute approximate surface area is 119 Å². The summed E-state index contributed by atoms with van der Waals surface area (Å²) < 4.78 is 5.56. The number of carbonyl (C=O) groups is 1. The van der Waals surface area contributed by atoms with Gasteiger partial charge in [-0.25, -0.2) is 0 Å². The van der Waals surface area contributed by atoms with Crippen molar-refractivity contribution in [3.8, 4) is 11.5 Å². The summed E-state index contributed by atoms with van der Waals surface area (Å²) in [7, 11) is 0. The number of para-hydroxylation sites is 1. The number of aldehydes is 1. The van der Waals surface area contributed by atoms with E-state index >= 15 is 0 Å². The van der Waals surface area contributed by atoms with Crippen molar-refractivity contribution < 1.29 is 14.5 Å². The molecule has 0 aliphatic heterocycles. The van der Waals surface area contributed by atoms with E-state index in [0.717, 1.165) is 0 Å². The highest BCUT2D eigenvalue weighted by Gasteiger charge is 2.13. The molecule has 0 aromatic heterocycles. The number of nitro groups is 1. The molecule has 5 nitrogen and oxygen atoms in total. The van der Waals surface area contributed by atoms with E-state index in [9.17, 15) is 14.9 Å². The van der Waals surface area contributed by atoms with Gasteiger partial charge in [0.1, 0.15) is 5.75 Å². The lowest BCUT2D eigenvalue weighted by atomic mass is 10.2. The number of hydrogen-bond donors (Lipinski definition) is 0. The second-order valence-electron chi connectivity index (χ2n) is 4.08. The second-order valence-corrected chi connectivity index (χ2v) is 4.49. The van der Waals surface area contributed by atoms with Crippen LogP contribution in [0.4, 0.5) is 5.69 Å².